The summed E-state index contributed by atoms with van der Waals surface area (Å²) in [6, 6.07) is 0. The van der Waals surface area contributed by atoms with Crippen LogP contribution < -0.4 is 5.32 Å². The molecule has 106 valence electrons. The van der Waals surface area contributed by atoms with Crippen LogP contribution in [0.4, 0.5) is 5.69 Å². The predicted molar refractivity (Wildman–Crippen MR) is 73.5 cm³/mol. The maximum atomic E-state index is 12.0. The van der Waals surface area contributed by atoms with E-state index in [9.17, 15) is 4.79 Å². The molecule has 1 N–H and O–H groups in total. The van der Waals surface area contributed by atoms with Gasteiger partial charge in [-0.3, -0.25) is 14.0 Å². The van der Waals surface area contributed by atoms with E-state index in [1.165, 1.54) is 0 Å². The summed E-state index contributed by atoms with van der Waals surface area (Å²) in [6.07, 6.45) is 6.13. The van der Waals surface area contributed by atoms with Crippen LogP contribution in [-0.2, 0) is 11.3 Å². The molecule has 7 nitrogen and oxygen atoms in total. The fraction of sp³-hybridized carbons (Fsp3) is 0.538. The number of carbonyl (C=O) groups is 1. The predicted octanol–water partition coefficient (Wildman–Crippen LogP) is 1.53. The van der Waals surface area contributed by atoms with Gasteiger partial charge in [-0.15, -0.1) is 10.2 Å². The molecule has 20 heavy (non-hydrogen) atoms. The summed E-state index contributed by atoms with van der Waals surface area (Å²) in [4.78, 5) is 12.0. The van der Waals surface area contributed by atoms with Crippen molar-refractivity contribution in [1.82, 2.24) is 24.5 Å². The van der Waals surface area contributed by atoms with Crippen LogP contribution in [0.2, 0.25) is 0 Å². The Morgan fingerprint density at radius 1 is 1.40 bits per heavy atom. The first-order valence-corrected chi connectivity index (χ1v) is 6.94. The zero-order chi connectivity index (χ0) is 14.1. The van der Waals surface area contributed by atoms with Crippen molar-refractivity contribution in [2.24, 2.45) is 5.92 Å². The third-order valence-electron chi connectivity index (χ3n) is 3.48. The Balaban J connectivity index is 1.97. The minimum absolute atomic E-state index is 0.0819. The molecule has 0 saturated heterocycles. The number of aromatic nitrogens is 5. The van der Waals surface area contributed by atoms with E-state index in [1.807, 2.05) is 11.6 Å². The summed E-state index contributed by atoms with van der Waals surface area (Å²) >= 11 is 0. The van der Waals surface area contributed by atoms with Crippen molar-refractivity contribution in [3.8, 4) is 5.82 Å². The standard InChI is InChI=1S/C13H18N6O/c1-3-6-19-9(2)11(16-13(20)10-4-5-10)12(17-19)18-7-14-15-8-18/h7-8,10H,3-6H2,1-2H3,(H,16,20). The van der Waals surface area contributed by atoms with E-state index < -0.39 is 0 Å². The van der Waals surface area contributed by atoms with Crippen molar-refractivity contribution in [1.29, 1.82) is 0 Å². The zero-order valence-corrected chi connectivity index (χ0v) is 11.7. The molecule has 0 bridgehead atoms. The molecule has 7 heteroatoms. The SMILES string of the molecule is CCCn1nc(-n2cnnc2)c(NC(=O)C2CC2)c1C. The van der Waals surface area contributed by atoms with Crippen molar-refractivity contribution in [3.63, 3.8) is 0 Å². The van der Waals surface area contributed by atoms with Gasteiger partial charge in [0.25, 0.3) is 0 Å². The smallest absolute Gasteiger partial charge is 0.227 e. The molecule has 2 heterocycles. The number of amides is 1. The molecular formula is C13H18N6O. The average molecular weight is 274 g/mol. The highest BCUT2D eigenvalue weighted by atomic mass is 16.2. The van der Waals surface area contributed by atoms with Crippen molar-refractivity contribution >= 4 is 11.6 Å². The van der Waals surface area contributed by atoms with E-state index in [0.29, 0.717) is 5.82 Å². The van der Waals surface area contributed by atoms with E-state index in [-0.39, 0.29) is 11.8 Å². The van der Waals surface area contributed by atoms with Crippen LogP contribution in [0.1, 0.15) is 31.9 Å². The van der Waals surface area contributed by atoms with Gasteiger partial charge in [0.15, 0.2) is 5.82 Å². The van der Waals surface area contributed by atoms with E-state index in [4.69, 9.17) is 0 Å². The summed E-state index contributed by atoms with van der Waals surface area (Å²) < 4.78 is 3.64. The van der Waals surface area contributed by atoms with Crippen LogP contribution in [-0.4, -0.2) is 30.5 Å². The van der Waals surface area contributed by atoms with Crippen molar-refractivity contribution in [3.05, 3.63) is 18.3 Å². The second kappa shape index (κ2) is 5.07. The van der Waals surface area contributed by atoms with E-state index in [2.05, 4.69) is 27.5 Å². The molecule has 2 aromatic rings. The van der Waals surface area contributed by atoms with E-state index in [1.54, 1.807) is 17.2 Å². The van der Waals surface area contributed by atoms with Gasteiger partial charge in [0.2, 0.25) is 5.91 Å². The Morgan fingerprint density at radius 3 is 2.70 bits per heavy atom. The third kappa shape index (κ3) is 2.31. The maximum Gasteiger partial charge on any atom is 0.227 e. The number of hydrogen-bond acceptors (Lipinski definition) is 4. The first-order valence-electron chi connectivity index (χ1n) is 6.94. The molecule has 1 saturated carbocycles. The number of anilines is 1. The van der Waals surface area contributed by atoms with Gasteiger partial charge >= 0.3 is 0 Å². The van der Waals surface area contributed by atoms with Crippen LogP contribution in [0, 0.1) is 12.8 Å². The summed E-state index contributed by atoms with van der Waals surface area (Å²) in [5.74, 6) is 0.922. The van der Waals surface area contributed by atoms with Crippen molar-refractivity contribution in [2.75, 3.05) is 5.32 Å². The lowest BCUT2D eigenvalue weighted by atomic mass is 10.3. The Bertz CT molecular complexity index is 611. The number of carbonyl (C=O) groups excluding carboxylic acids is 1. The van der Waals surface area contributed by atoms with Gasteiger partial charge in [0, 0.05) is 12.5 Å². The quantitative estimate of drug-likeness (QED) is 0.897. The Morgan fingerprint density at radius 2 is 2.10 bits per heavy atom. The van der Waals surface area contributed by atoms with E-state index in [0.717, 1.165) is 37.2 Å². The molecule has 1 amide bonds. The molecule has 0 aliphatic heterocycles. The molecule has 0 unspecified atom stereocenters. The molecule has 0 aromatic carbocycles. The topological polar surface area (TPSA) is 77.6 Å². The Labute approximate surface area is 117 Å². The largest absolute Gasteiger partial charge is 0.321 e. The van der Waals surface area contributed by atoms with Crippen LogP contribution >= 0.6 is 0 Å². The molecule has 0 atom stereocenters. The highest BCUT2D eigenvalue weighted by Gasteiger charge is 2.31. The molecular weight excluding hydrogens is 256 g/mol. The lowest BCUT2D eigenvalue weighted by Gasteiger charge is -2.06. The fourth-order valence-corrected chi connectivity index (χ4v) is 2.17. The van der Waals surface area contributed by atoms with Gasteiger partial charge in [-0.1, -0.05) is 6.92 Å². The normalized spacial score (nSPS) is 14.5. The lowest BCUT2D eigenvalue weighted by Crippen LogP contribution is -2.15. The summed E-state index contributed by atoms with van der Waals surface area (Å²) in [6.45, 7) is 4.89. The van der Waals surface area contributed by atoms with Crippen LogP contribution in [0.15, 0.2) is 12.7 Å². The van der Waals surface area contributed by atoms with E-state index >= 15 is 0 Å². The second-order valence-electron chi connectivity index (χ2n) is 5.14. The summed E-state index contributed by atoms with van der Waals surface area (Å²) in [5, 5.41) is 15.2. The molecule has 1 fully saturated rings. The number of rotatable bonds is 5. The van der Waals surface area contributed by atoms with Gasteiger partial charge in [-0.2, -0.15) is 5.10 Å². The Kier molecular flexibility index (Phi) is 3.25. The zero-order valence-electron chi connectivity index (χ0n) is 11.7. The van der Waals surface area contributed by atoms with Gasteiger partial charge in [-0.25, -0.2) is 0 Å². The van der Waals surface area contributed by atoms with Gasteiger partial charge < -0.3 is 5.32 Å². The molecule has 1 aliphatic rings. The number of nitrogens with zero attached hydrogens (tertiary/aromatic N) is 5. The minimum Gasteiger partial charge on any atom is -0.321 e. The number of aryl methyl sites for hydroxylation is 1. The monoisotopic (exact) mass is 274 g/mol. The molecule has 1 aliphatic carbocycles. The van der Waals surface area contributed by atoms with Crippen LogP contribution in [0.3, 0.4) is 0 Å². The van der Waals surface area contributed by atoms with Gasteiger partial charge in [0.1, 0.15) is 18.3 Å². The lowest BCUT2D eigenvalue weighted by molar-refractivity contribution is -0.117. The number of nitrogens with one attached hydrogen (secondary N) is 1. The van der Waals surface area contributed by atoms with Crippen molar-refractivity contribution < 1.29 is 4.79 Å². The first kappa shape index (κ1) is 12.8. The molecule has 3 rings (SSSR count). The first-order chi connectivity index (χ1) is 9.70. The minimum atomic E-state index is 0.0819. The molecule has 0 spiro atoms. The maximum absolute atomic E-state index is 12.0. The highest BCUT2D eigenvalue weighted by molar-refractivity contribution is 5.96. The highest BCUT2D eigenvalue weighted by Crippen LogP contribution is 2.32. The van der Waals surface area contributed by atoms with Crippen molar-refractivity contribution in [2.45, 2.75) is 39.7 Å². The fourth-order valence-electron chi connectivity index (χ4n) is 2.17. The average Bonchev–Trinajstić information content (AvgIpc) is 3.08. The molecule has 0 radical (unpaired) electrons. The Hall–Kier alpha value is -2.18. The number of hydrogen-bond donors (Lipinski definition) is 1. The molecule has 2 aromatic heterocycles. The van der Waals surface area contributed by atoms with Gasteiger partial charge in [-0.05, 0) is 26.2 Å². The second-order valence-corrected chi connectivity index (χ2v) is 5.14. The van der Waals surface area contributed by atoms with Gasteiger partial charge in [0.05, 0.1) is 5.69 Å². The summed E-state index contributed by atoms with van der Waals surface area (Å²) in [7, 11) is 0. The summed E-state index contributed by atoms with van der Waals surface area (Å²) in [5.41, 5.74) is 1.72. The third-order valence-corrected chi connectivity index (χ3v) is 3.48. The van der Waals surface area contributed by atoms with Crippen LogP contribution in [0.5, 0.6) is 0 Å². The van der Waals surface area contributed by atoms with Crippen LogP contribution in [0.25, 0.3) is 5.82 Å².